The van der Waals surface area contributed by atoms with Gasteiger partial charge >= 0.3 is 5.97 Å². The first-order chi connectivity index (χ1) is 24.9. The highest BCUT2D eigenvalue weighted by atomic mass is 32.1. The zero-order valence-electron chi connectivity index (χ0n) is 28.3. The van der Waals surface area contributed by atoms with Crippen LogP contribution in [0.15, 0.2) is 100 Å². The van der Waals surface area contributed by atoms with Gasteiger partial charge in [-0.15, -0.1) is 0 Å². The molecule has 0 aliphatic carbocycles. The first kappa shape index (κ1) is 33.5. The maximum absolute atomic E-state index is 14.4. The van der Waals surface area contributed by atoms with Gasteiger partial charge in [0.05, 0.1) is 49.8 Å². The molecule has 12 heteroatoms. The summed E-state index contributed by atoms with van der Waals surface area (Å²) in [5.74, 6) is 2.80. The Morgan fingerprint density at radius 2 is 1.63 bits per heavy atom. The third kappa shape index (κ3) is 6.53. The quantitative estimate of drug-likeness (QED) is 0.170. The molecule has 0 amide bonds. The van der Waals surface area contributed by atoms with E-state index in [1.807, 2.05) is 60.7 Å². The molecule has 0 saturated heterocycles. The molecule has 0 spiro atoms. The van der Waals surface area contributed by atoms with Crippen LogP contribution in [-0.2, 0) is 16.1 Å². The largest absolute Gasteiger partial charge is 0.493 e. The fraction of sp³-hybridized carbons (Fsp3) is 0.205. The van der Waals surface area contributed by atoms with Gasteiger partial charge in [0.25, 0.3) is 5.56 Å². The van der Waals surface area contributed by atoms with Crippen molar-refractivity contribution in [1.82, 2.24) is 4.57 Å². The number of fused-ring (bicyclic) bond motifs is 2. The molecule has 1 aromatic heterocycles. The monoisotopic (exact) mass is 706 g/mol. The highest BCUT2D eigenvalue weighted by Crippen LogP contribution is 2.39. The van der Waals surface area contributed by atoms with Crippen molar-refractivity contribution < 1.29 is 38.0 Å². The summed E-state index contributed by atoms with van der Waals surface area (Å²) in [6.45, 7) is 2.37. The Hall–Kier alpha value is -6.01. The Morgan fingerprint density at radius 3 is 2.39 bits per heavy atom. The summed E-state index contributed by atoms with van der Waals surface area (Å²) in [6, 6.07) is 24.9. The van der Waals surface area contributed by atoms with E-state index in [0.717, 1.165) is 5.56 Å². The van der Waals surface area contributed by atoms with Crippen LogP contribution in [0.3, 0.4) is 0 Å². The Morgan fingerprint density at radius 1 is 0.882 bits per heavy atom. The smallest absolute Gasteiger partial charge is 0.338 e. The number of aromatic nitrogens is 1. The highest BCUT2D eigenvalue weighted by Gasteiger charge is 2.35. The number of rotatable bonds is 11. The van der Waals surface area contributed by atoms with Crippen LogP contribution in [0.4, 0.5) is 0 Å². The molecule has 0 saturated carbocycles. The first-order valence-corrected chi connectivity index (χ1v) is 16.9. The van der Waals surface area contributed by atoms with E-state index in [-0.39, 0.29) is 31.1 Å². The topological polar surface area (TPSA) is 116 Å². The number of hydrogen-bond acceptors (Lipinski definition) is 11. The van der Waals surface area contributed by atoms with Gasteiger partial charge < -0.3 is 33.2 Å². The van der Waals surface area contributed by atoms with Crippen molar-refractivity contribution in [1.29, 1.82) is 0 Å². The third-order valence-electron chi connectivity index (χ3n) is 8.41. The molecule has 0 bridgehead atoms. The lowest BCUT2D eigenvalue weighted by atomic mass is 9.93. The van der Waals surface area contributed by atoms with Crippen molar-refractivity contribution in [2.24, 2.45) is 4.99 Å². The number of nitrogens with zero attached hydrogens (tertiary/aromatic N) is 2. The van der Waals surface area contributed by atoms with Crippen LogP contribution >= 0.6 is 11.3 Å². The molecule has 4 aromatic carbocycles. The van der Waals surface area contributed by atoms with E-state index >= 15 is 0 Å². The van der Waals surface area contributed by atoms with Crippen molar-refractivity contribution in [3.8, 4) is 34.5 Å². The van der Waals surface area contributed by atoms with Gasteiger partial charge in [0.15, 0.2) is 39.3 Å². The molecule has 0 N–H and O–H groups in total. The van der Waals surface area contributed by atoms with Crippen molar-refractivity contribution >= 4 is 29.1 Å². The van der Waals surface area contributed by atoms with E-state index in [9.17, 15) is 9.59 Å². The Kier molecular flexibility index (Phi) is 9.49. The number of esters is 1. The van der Waals surface area contributed by atoms with E-state index in [1.165, 1.54) is 23.0 Å². The standard InChI is InChI=1S/C39H34N2O9S/c1-5-47-38(43)34-35(25-9-7-6-8-10-25)40-39-41(36(34)26-13-16-27(44-2)31(20-26)46-4)37(42)33(51-39)19-23-11-14-28(30(17-23)45-3)48-21-24-12-15-29-32(18-24)50-22-49-29/h6-20,36H,5,21-22H2,1-4H3/b33-19-/t36-/m0/s1. The molecule has 7 rings (SSSR count). The van der Waals surface area contributed by atoms with Crippen molar-refractivity contribution in [3.05, 3.63) is 132 Å². The molecule has 0 radical (unpaired) electrons. The molecule has 51 heavy (non-hydrogen) atoms. The van der Waals surface area contributed by atoms with E-state index < -0.39 is 12.0 Å². The predicted octanol–water partition coefficient (Wildman–Crippen LogP) is 5.27. The number of carbonyl (C=O) groups excluding carboxylic acids is 1. The number of methoxy groups -OCH3 is 3. The molecule has 2 aliphatic heterocycles. The van der Waals surface area contributed by atoms with Gasteiger partial charge in [-0.25, -0.2) is 9.79 Å². The summed E-state index contributed by atoms with van der Waals surface area (Å²) in [4.78, 5) is 33.5. The zero-order chi connectivity index (χ0) is 35.5. The van der Waals surface area contributed by atoms with Crippen LogP contribution in [0.25, 0.3) is 11.8 Å². The second kappa shape index (κ2) is 14.5. The molecule has 0 unspecified atom stereocenters. The minimum atomic E-state index is -0.876. The lowest BCUT2D eigenvalue weighted by Crippen LogP contribution is -2.40. The lowest BCUT2D eigenvalue weighted by Gasteiger charge is -2.26. The van der Waals surface area contributed by atoms with Crippen LogP contribution in [0, 0.1) is 0 Å². The lowest BCUT2D eigenvalue weighted by molar-refractivity contribution is -0.138. The average molecular weight is 707 g/mol. The minimum Gasteiger partial charge on any atom is -0.493 e. The first-order valence-electron chi connectivity index (χ1n) is 16.1. The Bertz CT molecular complexity index is 2330. The van der Waals surface area contributed by atoms with Crippen molar-refractivity contribution in [3.63, 3.8) is 0 Å². The van der Waals surface area contributed by atoms with Gasteiger partial charge in [-0.05, 0) is 66.1 Å². The van der Waals surface area contributed by atoms with Gasteiger partial charge in [-0.2, -0.15) is 0 Å². The second-order valence-corrected chi connectivity index (χ2v) is 12.4. The van der Waals surface area contributed by atoms with Crippen LogP contribution in [0.2, 0.25) is 0 Å². The molecule has 3 heterocycles. The van der Waals surface area contributed by atoms with Gasteiger partial charge in [-0.1, -0.05) is 59.9 Å². The van der Waals surface area contributed by atoms with Crippen LogP contribution < -0.4 is 43.3 Å². The van der Waals surface area contributed by atoms with Crippen molar-refractivity contribution in [2.45, 2.75) is 19.6 Å². The maximum Gasteiger partial charge on any atom is 0.338 e. The molecular formula is C39H34N2O9S. The maximum atomic E-state index is 14.4. The van der Waals surface area contributed by atoms with Gasteiger partial charge in [-0.3, -0.25) is 9.36 Å². The third-order valence-corrected chi connectivity index (χ3v) is 9.40. The van der Waals surface area contributed by atoms with Gasteiger partial charge in [0.2, 0.25) is 6.79 Å². The van der Waals surface area contributed by atoms with E-state index in [2.05, 4.69) is 0 Å². The molecular weight excluding hydrogens is 673 g/mol. The van der Waals surface area contributed by atoms with E-state index in [0.29, 0.717) is 66.2 Å². The van der Waals surface area contributed by atoms with Gasteiger partial charge in [0, 0.05) is 5.56 Å². The summed E-state index contributed by atoms with van der Waals surface area (Å²) >= 11 is 1.23. The number of thiazole rings is 1. The summed E-state index contributed by atoms with van der Waals surface area (Å²) in [5.41, 5.74) is 3.29. The summed E-state index contributed by atoms with van der Waals surface area (Å²) in [7, 11) is 4.64. The molecule has 5 aromatic rings. The summed E-state index contributed by atoms with van der Waals surface area (Å²) in [5, 5.41) is 0. The van der Waals surface area contributed by atoms with E-state index in [4.69, 9.17) is 38.2 Å². The van der Waals surface area contributed by atoms with Crippen molar-refractivity contribution in [2.75, 3.05) is 34.7 Å². The fourth-order valence-electron chi connectivity index (χ4n) is 6.02. The molecule has 11 nitrogen and oxygen atoms in total. The second-order valence-electron chi connectivity index (χ2n) is 11.4. The highest BCUT2D eigenvalue weighted by molar-refractivity contribution is 7.07. The molecule has 0 fully saturated rings. The SMILES string of the molecule is CCOC(=O)C1=C(c2ccccc2)N=c2s/c(=C\c3ccc(OCc4ccc5c(c4)OCO5)c(OC)c3)c(=O)n2[C@H]1c1ccc(OC)c(OC)c1. The predicted molar refractivity (Wildman–Crippen MR) is 190 cm³/mol. The summed E-state index contributed by atoms with van der Waals surface area (Å²) < 4.78 is 41.3. The summed E-state index contributed by atoms with van der Waals surface area (Å²) in [6.07, 6.45) is 1.77. The van der Waals surface area contributed by atoms with Crippen LogP contribution in [-0.4, -0.2) is 45.3 Å². The molecule has 260 valence electrons. The van der Waals surface area contributed by atoms with E-state index in [1.54, 1.807) is 51.5 Å². The molecule has 1 atom stereocenters. The fourth-order valence-corrected chi connectivity index (χ4v) is 7.02. The number of benzene rings is 4. The normalized spacial score (nSPS) is 14.8. The number of carbonyl (C=O) groups is 1. The van der Waals surface area contributed by atoms with Crippen LogP contribution in [0.5, 0.6) is 34.5 Å². The Balaban J connectivity index is 1.32. The zero-order valence-corrected chi connectivity index (χ0v) is 29.2. The Labute approximate surface area is 297 Å². The number of ether oxygens (including phenoxy) is 7. The van der Waals surface area contributed by atoms with Gasteiger partial charge in [0.1, 0.15) is 6.61 Å². The molecule has 2 aliphatic rings. The average Bonchev–Trinajstić information content (AvgIpc) is 3.76. The minimum absolute atomic E-state index is 0.145. The number of hydrogen-bond donors (Lipinski definition) is 0. The van der Waals surface area contributed by atoms with Crippen LogP contribution in [0.1, 0.15) is 35.2 Å².